The summed E-state index contributed by atoms with van der Waals surface area (Å²) < 4.78 is 5.58. The molecule has 2 atom stereocenters. The van der Waals surface area contributed by atoms with Crippen molar-refractivity contribution in [3.63, 3.8) is 0 Å². The predicted molar refractivity (Wildman–Crippen MR) is 52.8 cm³/mol. The third-order valence-corrected chi connectivity index (χ3v) is 2.36. The van der Waals surface area contributed by atoms with Gasteiger partial charge in [-0.05, 0) is 39.2 Å². The third-order valence-electron chi connectivity index (χ3n) is 2.36. The Morgan fingerprint density at radius 2 is 2.38 bits per heavy atom. The van der Waals surface area contributed by atoms with Crippen molar-refractivity contribution >= 4 is 0 Å². The van der Waals surface area contributed by atoms with Gasteiger partial charge in [0.15, 0.2) is 0 Å². The van der Waals surface area contributed by atoms with Gasteiger partial charge < -0.3 is 15.2 Å². The summed E-state index contributed by atoms with van der Waals surface area (Å²) in [6.07, 6.45) is 5.02. The molecule has 0 radical (unpaired) electrons. The molecule has 1 saturated heterocycles. The monoisotopic (exact) mass is 187 g/mol. The molecule has 0 amide bonds. The Bertz CT molecular complexity index is 122. The Hall–Kier alpha value is -0.120. The summed E-state index contributed by atoms with van der Waals surface area (Å²) in [4.78, 5) is 0. The van der Waals surface area contributed by atoms with Crippen molar-refractivity contribution < 1.29 is 9.84 Å². The molecule has 0 saturated carbocycles. The molecule has 0 bridgehead atoms. The van der Waals surface area contributed by atoms with Crippen LogP contribution >= 0.6 is 0 Å². The van der Waals surface area contributed by atoms with Crippen LogP contribution < -0.4 is 5.32 Å². The highest BCUT2D eigenvalue weighted by molar-refractivity contribution is 4.65. The molecular weight excluding hydrogens is 166 g/mol. The minimum Gasteiger partial charge on any atom is -0.392 e. The van der Waals surface area contributed by atoms with Gasteiger partial charge in [0, 0.05) is 13.2 Å². The van der Waals surface area contributed by atoms with Gasteiger partial charge in [-0.15, -0.1) is 0 Å². The summed E-state index contributed by atoms with van der Waals surface area (Å²) in [6, 6.07) is 0. The minimum absolute atomic E-state index is 0.243. The van der Waals surface area contributed by atoms with Crippen LogP contribution in [0.25, 0.3) is 0 Å². The number of hydrogen-bond donors (Lipinski definition) is 2. The summed E-state index contributed by atoms with van der Waals surface area (Å²) in [5, 5.41) is 12.2. The normalized spacial score (nSPS) is 25.8. The highest BCUT2D eigenvalue weighted by Gasteiger charge is 2.12. The lowest BCUT2D eigenvalue weighted by molar-refractivity contribution is 0.0112. The Kier molecular flexibility index (Phi) is 5.35. The second kappa shape index (κ2) is 6.35. The smallest absolute Gasteiger partial charge is 0.0636 e. The van der Waals surface area contributed by atoms with Crippen LogP contribution in [0.15, 0.2) is 0 Å². The first-order valence-corrected chi connectivity index (χ1v) is 5.29. The van der Waals surface area contributed by atoms with Gasteiger partial charge in [-0.1, -0.05) is 0 Å². The topological polar surface area (TPSA) is 41.5 Å². The Balaban J connectivity index is 1.92. The van der Waals surface area contributed by atoms with E-state index < -0.39 is 0 Å². The van der Waals surface area contributed by atoms with Crippen molar-refractivity contribution in [1.82, 2.24) is 5.32 Å². The molecule has 1 unspecified atom stereocenters. The summed E-state index contributed by atoms with van der Waals surface area (Å²) in [6.45, 7) is 4.37. The first kappa shape index (κ1) is 11.0. The molecule has 1 heterocycles. The lowest BCUT2D eigenvalue weighted by Crippen LogP contribution is -2.29. The van der Waals surface area contributed by atoms with E-state index in [1.54, 1.807) is 6.92 Å². The Morgan fingerprint density at radius 3 is 3.00 bits per heavy atom. The van der Waals surface area contributed by atoms with Crippen molar-refractivity contribution in [2.45, 2.75) is 44.8 Å². The highest BCUT2D eigenvalue weighted by atomic mass is 16.5. The van der Waals surface area contributed by atoms with E-state index in [0.717, 1.165) is 19.6 Å². The molecule has 1 aliphatic rings. The molecule has 0 aromatic carbocycles. The van der Waals surface area contributed by atoms with Crippen molar-refractivity contribution in [2.24, 2.45) is 0 Å². The van der Waals surface area contributed by atoms with Crippen molar-refractivity contribution in [3.05, 3.63) is 0 Å². The number of ether oxygens (including phenoxy) is 1. The number of hydrogen-bond acceptors (Lipinski definition) is 3. The maximum absolute atomic E-state index is 9.00. The van der Waals surface area contributed by atoms with E-state index in [4.69, 9.17) is 9.84 Å². The van der Waals surface area contributed by atoms with Crippen LogP contribution in [0.5, 0.6) is 0 Å². The molecule has 0 aromatic rings. The first-order valence-electron chi connectivity index (χ1n) is 5.29. The zero-order valence-corrected chi connectivity index (χ0v) is 8.46. The molecule has 3 heteroatoms. The zero-order valence-electron chi connectivity index (χ0n) is 8.46. The predicted octanol–water partition coefficient (Wildman–Crippen LogP) is 0.916. The quantitative estimate of drug-likeness (QED) is 0.629. The first-order chi connectivity index (χ1) is 6.29. The third kappa shape index (κ3) is 5.24. The summed E-state index contributed by atoms with van der Waals surface area (Å²) in [7, 11) is 0. The fourth-order valence-electron chi connectivity index (χ4n) is 1.61. The molecule has 0 aliphatic carbocycles. The molecule has 0 spiro atoms. The summed E-state index contributed by atoms with van der Waals surface area (Å²) in [5.41, 5.74) is 0. The number of aliphatic hydroxyl groups is 1. The highest BCUT2D eigenvalue weighted by Crippen LogP contribution is 2.14. The SMILES string of the molecule is C[C@@H](O)CNCCC1CCCCO1. The van der Waals surface area contributed by atoms with E-state index in [0.29, 0.717) is 12.6 Å². The fourth-order valence-corrected chi connectivity index (χ4v) is 1.61. The van der Waals surface area contributed by atoms with E-state index >= 15 is 0 Å². The van der Waals surface area contributed by atoms with Crippen LogP contribution in [0.1, 0.15) is 32.6 Å². The second-order valence-corrected chi connectivity index (χ2v) is 3.83. The maximum Gasteiger partial charge on any atom is 0.0636 e. The molecule has 3 nitrogen and oxygen atoms in total. The van der Waals surface area contributed by atoms with Gasteiger partial charge in [-0.2, -0.15) is 0 Å². The van der Waals surface area contributed by atoms with Crippen LogP contribution in [-0.2, 0) is 4.74 Å². The summed E-state index contributed by atoms with van der Waals surface area (Å²) in [5.74, 6) is 0. The maximum atomic E-state index is 9.00. The van der Waals surface area contributed by atoms with Gasteiger partial charge in [-0.25, -0.2) is 0 Å². The van der Waals surface area contributed by atoms with Crippen LogP contribution in [0.4, 0.5) is 0 Å². The van der Waals surface area contributed by atoms with Gasteiger partial charge in [-0.3, -0.25) is 0 Å². The average molecular weight is 187 g/mol. The molecule has 1 aliphatic heterocycles. The minimum atomic E-state index is -0.243. The number of rotatable bonds is 5. The average Bonchev–Trinajstić information content (AvgIpc) is 2.14. The van der Waals surface area contributed by atoms with Crippen molar-refractivity contribution in [3.8, 4) is 0 Å². The molecule has 13 heavy (non-hydrogen) atoms. The lowest BCUT2D eigenvalue weighted by atomic mass is 10.1. The molecule has 1 rings (SSSR count). The summed E-state index contributed by atoms with van der Waals surface area (Å²) >= 11 is 0. The van der Waals surface area contributed by atoms with E-state index in [9.17, 15) is 0 Å². The Morgan fingerprint density at radius 1 is 1.54 bits per heavy atom. The van der Waals surface area contributed by atoms with E-state index in [-0.39, 0.29) is 6.10 Å². The van der Waals surface area contributed by atoms with Crippen LogP contribution in [0.3, 0.4) is 0 Å². The fraction of sp³-hybridized carbons (Fsp3) is 1.00. The van der Waals surface area contributed by atoms with E-state index in [2.05, 4.69) is 5.32 Å². The van der Waals surface area contributed by atoms with Gasteiger partial charge >= 0.3 is 0 Å². The van der Waals surface area contributed by atoms with Gasteiger partial charge in [0.05, 0.1) is 12.2 Å². The molecule has 78 valence electrons. The molecule has 1 fully saturated rings. The van der Waals surface area contributed by atoms with Crippen molar-refractivity contribution in [2.75, 3.05) is 19.7 Å². The van der Waals surface area contributed by atoms with Gasteiger partial charge in [0.1, 0.15) is 0 Å². The zero-order chi connectivity index (χ0) is 9.52. The van der Waals surface area contributed by atoms with Gasteiger partial charge in [0.2, 0.25) is 0 Å². The molecule has 2 N–H and O–H groups in total. The second-order valence-electron chi connectivity index (χ2n) is 3.83. The number of nitrogens with one attached hydrogen (secondary N) is 1. The molecular formula is C10H21NO2. The lowest BCUT2D eigenvalue weighted by Gasteiger charge is -2.22. The van der Waals surface area contributed by atoms with Crippen LogP contribution in [0, 0.1) is 0 Å². The largest absolute Gasteiger partial charge is 0.392 e. The van der Waals surface area contributed by atoms with E-state index in [1.807, 2.05) is 0 Å². The molecule has 0 aromatic heterocycles. The van der Waals surface area contributed by atoms with Gasteiger partial charge in [0.25, 0.3) is 0 Å². The standard InChI is InChI=1S/C10H21NO2/c1-9(12)8-11-6-5-10-4-2-3-7-13-10/h9-12H,2-8H2,1H3/t9-,10?/m1/s1. The number of aliphatic hydroxyl groups excluding tert-OH is 1. The van der Waals surface area contributed by atoms with Crippen LogP contribution in [0.2, 0.25) is 0 Å². The van der Waals surface area contributed by atoms with E-state index in [1.165, 1.54) is 19.3 Å². The Labute approximate surface area is 80.5 Å². The van der Waals surface area contributed by atoms with Crippen LogP contribution in [-0.4, -0.2) is 37.0 Å². The van der Waals surface area contributed by atoms with Crippen molar-refractivity contribution in [1.29, 1.82) is 0 Å².